The minimum atomic E-state index is -0.181. The number of fused-ring (bicyclic) bond motifs is 1. The lowest BCUT2D eigenvalue weighted by Crippen LogP contribution is -2.25. The highest BCUT2D eigenvalue weighted by Crippen LogP contribution is 2.36. The zero-order chi connectivity index (χ0) is 14.1. The van der Waals surface area contributed by atoms with Gasteiger partial charge in [0.15, 0.2) is 10.4 Å². The number of carbonyl (C=O) groups excluding carboxylic acids is 1. The molecule has 0 radical (unpaired) electrons. The molecule has 0 fully saturated rings. The Morgan fingerprint density at radius 3 is 3.00 bits per heavy atom. The molecule has 0 saturated heterocycles. The van der Waals surface area contributed by atoms with Crippen molar-refractivity contribution < 1.29 is 13.9 Å². The fraction of sp³-hybridized carbons (Fsp3) is 0.154. The summed E-state index contributed by atoms with van der Waals surface area (Å²) in [6.07, 6.45) is 0. The molecule has 2 N–H and O–H groups in total. The van der Waals surface area contributed by atoms with Crippen LogP contribution in [0, 0.1) is 3.77 Å². The van der Waals surface area contributed by atoms with E-state index in [4.69, 9.17) is 20.8 Å². The van der Waals surface area contributed by atoms with E-state index >= 15 is 0 Å². The van der Waals surface area contributed by atoms with Crippen LogP contribution in [0.5, 0.6) is 5.75 Å². The van der Waals surface area contributed by atoms with Gasteiger partial charge < -0.3 is 19.8 Å². The van der Waals surface area contributed by atoms with Crippen molar-refractivity contribution in [2.45, 2.75) is 6.54 Å². The number of carbonyl (C=O) groups is 1. The monoisotopic (exact) mass is 404 g/mol. The first-order valence-electron chi connectivity index (χ1n) is 5.86. The van der Waals surface area contributed by atoms with Gasteiger partial charge in [-0.3, -0.25) is 4.79 Å². The van der Waals surface area contributed by atoms with Crippen LogP contribution in [0.3, 0.4) is 0 Å². The Balaban J connectivity index is 1.78. The molecule has 0 bridgehead atoms. The molecule has 1 aromatic carbocycles. The van der Waals surface area contributed by atoms with Gasteiger partial charge in [0, 0.05) is 6.07 Å². The van der Waals surface area contributed by atoms with Gasteiger partial charge >= 0.3 is 0 Å². The molecule has 0 aliphatic carbocycles. The summed E-state index contributed by atoms with van der Waals surface area (Å²) >= 11 is 8.29. The zero-order valence-corrected chi connectivity index (χ0v) is 13.1. The van der Waals surface area contributed by atoms with Crippen LogP contribution in [0.2, 0.25) is 5.02 Å². The predicted molar refractivity (Wildman–Crippen MR) is 84.3 cm³/mol. The largest absolute Gasteiger partial charge is 0.482 e. The van der Waals surface area contributed by atoms with E-state index < -0.39 is 0 Å². The maximum Gasteiger partial charge on any atom is 0.262 e. The summed E-state index contributed by atoms with van der Waals surface area (Å²) in [5.74, 6) is 1.24. The Bertz CT molecular complexity index is 672. The summed E-state index contributed by atoms with van der Waals surface area (Å²) in [7, 11) is 0. The second-order valence-electron chi connectivity index (χ2n) is 4.22. The van der Waals surface area contributed by atoms with E-state index in [0.717, 1.165) is 15.2 Å². The average Bonchev–Trinajstić information content (AvgIpc) is 2.82. The maximum atomic E-state index is 11.2. The van der Waals surface area contributed by atoms with Crippen LogP contribution in [-0.2, 0) is 11.3 Å². The molecule has 1 aromatic heterocycles. The number of ether oxygens (including phenoxy) is 1. The third kappa shape index (κ3) is 2.85. The Labute approximate surface area is 133 Å². The summed E-state index contributed by atoms with van der Waals surface area (Å²) in [4.78, 5) is 11.2. The maximum absolute atomic E-state index is 11.2. The summed E-state index contributed by atoms with van der Waals surface area (Å²) in [6.45, 7) is 0.540. The minimum Gasteiger partial charge on any atom is -0.482 e. The summed E-state index contributed by atoms with van der Waals surface area (Å²) in [6, 6.07) is 7.23. The molecule has 0 saturated carbocycles. The molecule has 2 heterocycles. The van der Waals surface area contributed by atoms with Crippen molar-refractivity contribution in [2.75, 3.05) is 17.2 Å². The zero-order valence-electron chi connectivity index (χ0n) is 10.2. The van der Waals surface area contributed by atoms with Crippen molar-refractivity contribution in [3.8, 4) is 5.75 Å². The van der Waals surface area contributed by atoms with Crippen LogP contribution in [-0.4, -0.2) is 12.5 Å². The van der Waals surface area contributed by atoms with E-state index in [9.17, 15) is 4.79 Å². The first-order chi connectivity index (χ1) is 9.61. The highest BCUT2D eigenvalue weighted by molar-refractivity contribution is 14.1. The van der Waals surface area contributed by atoms with Gasteiger partial charge in [-0.15, -0.1) is 0 Å². The van der Waals surface area contributed by atoms with Gasteiger partial charge in [0.25, 0.3) is 5.91 Å². The van der Waals surface area contributed by atoms with Crippen molar-refractivity contribution in [3.05, 3.63) is 38.8 Å². The van der Waals surface area contributed by atoms with E-state index in [1.54, 1.807) is 12.1 Å². The summed E-state index contributed by atoms with van der Waals surface area (Å²) < 4.78 is 11.7. The van der Waals surface area contributed by atoms with E-state index in [2.05, 4.69) is 33.2 Å². The van der Waals surface area contributed by atoms with Crippen LogP contribution in [0.1, 0.15) is 5.76 Å². The van der Waals surface area contributed by atoms with Gasteiger partial charge in [0.1, 0.15) is 11.5 Å². The highest BCUT2D eigenvalue weighted by atomic mass is 127. The molecule has 5 nitrogen and oxygen atoms in total. The second kappa shape index (κ2) is 5.53. The Morgan fingerprint density at radius 2 is 2.25 bits per heavy atom. The van der Waals surface area contributed by atoms with Crippen LogP contribution in [0.4, 0.5) is 11.4 Å². The van der Waals surface area contributed by atoms with E-state index in [1.165, 1.54) is 0 Å². The molecule has 0 atom stereocenters. The van der Waals surface area contributed by atoms with Crippen molar-refractivity contribution in [1.29, 1.82) is 0 Å². The number of furan rings is 1. The molecule has 2 aromatic rings. The molecule has 0 spiro atoms. The fourth-order valence-electron chi connectivity index (χ4n) is 1.86. The van der Waals surface area contributed by atoms with Crippen LogP contribution in [0.25, 0.3) is 0 Å². The highest BCUT2D eigenvalue weighted by Gasteiger charge is 2.18. The minimum absolute atomic E-state index is 0.0183. The number of nitrogens with one attached hydrogen (secondary N) is 2. The van der Waals surface area contributed by atoms with E-state index in [0.29, 0.717) is 23.0 Å². The van der Waals surface area contributed by atoms with Crippen molar-refractivity contribution in [2.24, 2.45) is 0 Å². The second-order valence-corrected chi connectivity index (χ2v) is 5.69. The lowest BCUT2D eigenvalue weighted by molar-refractivity contribution is -0.118. The Kier molecular flexibility index (Phi) is 3.75. The molecular formula is C13H10ClIN2O3. The number of hydrogen-bond acceptors (Lipinski definition) is 4. The van der Waals surface area contributed by atoms with Gasteiger partial charge in [-0.05, 0) is 40.8 Å². The normalized spacial score (nSPS) is 13.4. The van der Waals surface area contributed by atoms with Gasteiger partial charge in [0.2, 0.25) is 0 Å². The smallest absolute Gasteiger partial charge is 0.262 e. The molecular weight excluding hydrogens is 395 g/mol. The molecule has 7 heteroatoms. The van der Waals surface area contributed by atoms with Crippen molar-refractivity contribution in [3.63, 3.8) is 0 Å². The standard InChI is InChI=1S/C13H10ClIN2O3/c14-8-3-10-11(19-6-13(18)17-10)4-9(8)16-5-7-1-2-12(15)20-7/h1-4,16H,5-6H2,(H,17,18). The Hall–Kier alpha value is -1.41. The summed E-state index contributed by atoms with van der Waals surface area (Å²) in [5.41, 5.74) is 1.32. The summed E-state index contributed by atoms with van der Waals surface area (Å²) in [5, 5.41) is 6.40. The molecule has 1 aliphatic rings. The van der Waals surface area contributed by atoms with E-state index in [-0.39, 0.29) is 12.5 Å². The molecule has 3 rings (SSSR count). The Morgan fingerprint density at radius 1 is 1.40 bits per heavy atom. The van der Waals surface area contributed by atoms with Crippen molar-refractivity contribution in [1.82, 2.24) is 0 Å². The number of benzene rings is 1. The van der Waals surface area contributed by atoms with Gasteiger partial charge in [-0.2, -0.15) is 0 Å². The number of hydrogen-bond donors (Lipinski definition) is 2. The third-order valence-corrected chi connectivity index (χ3v) is 3.68. The lowest BCUT2D eigenvalue weighted by atomic mass is 10.2. The topological polar surface area (TPSA) is 63.5 Å². The van der Waals surface area contributed by atoms with Crippen LogP contribution in [0.15, 0.2) is 28.7 Å². The van der Waals surface area contributed by atoms with Crippen LogP contribution < -0.4 is 15.4 Å². The molecule has 104 valence electrons. The first-order valence-corrected chi connectivity index (χ1v) is 7.32. The van der Waals surface area contributed by atoms with Crippen molar-refractivity contribution >= 4 is 51.5 Å². The number of anilines is 2. The average molecular weight is 405 g/mol. The first kappa shape index (κ1) is 13.6. The number of amides is 1. The third-order valence-electron chi connectivity index (χ3n) is 2.78. The molecule has 0 unspecified atom stereocenters. The number of halogens is 2. The molecule has 1 aliphatic heterocycles. The van der Waals surface area contributed by atoms with Gasteiger partial charge in [-0.25, -0.2) is 0 Å². The predicted octanol–water partition coefficient (Wildman–Crippen LogP) is 3.48. The van der Waals surface area contributed by atoms with Gasteiger partial charge in [0.05, 0.1) is 22.9 Å². The lowest BCUT2D eigenvalue weighted by Gasteiger charge is -2.19. The fourth-order valence-corrected chi connectivity index (χ4v) is 2.56. The molecule has 1 amide bonds. The van der Waals surface area contributed by atoms with Crippen LogP contribution >= 0.6 is 34.2 Å². The van der Waals surface area contributed by atoms with Gasteiger partial charge in [-0.1, -0.05) is 11.6 Å². The quantitative estimate of drug-likeness (QED) is 0.769. The molecule has 20 heavy (non-hydrogen) atoms. The van der Waals surface area contributed by atoms with E-state index in [1.807, 2.05) is 12.1 Å². The number of rotatable bonds is 3. The SMILES string of the molecule is O=C1COc2cc(NCc3ccc(I)o3)c(Cl)cc2N1.